The Morgan fingerprint density at radius 3 is 2.31 bits per heavy atom. The predicted octanol–water partition coefficient (Wildman–Crippen LogP) is 6.19. The number of aryl methyl sites for hydroxylation is 2. The van der Waals surface area contributed by atoms with Crippen LogP contribution in [-0.2, 0) is 14.3 Å². The molecular weight excluding hydrogens is 773 g/mol. The van der Waals surface area contributed by atoms with Crippen LogP contribution >= 0.6 is 0 Å². The van der Waals surface area contributed by atoms with E-state index in [0.717, 1.165) is 62.1 Å². The zero-order chi connectivity index (χ0) is 43.1. The molecular formula is C47H56N8O6. The van der Waals surface area contributed by atoms with Crippen molar-refractivity contribution in [3.05, 3.63) is 124 Å². The fraction of sp³-hybridized carbons (Fsp3) is 0.340. The first-order chi connectivity index (χ1) is 29.7. The molecule has 61 heavy (non-hydrogen) atoms. The molecule has 320 valence electrons. The van der Waals surface area contributed by atoms with Crippen molar-refractivity contribution in [2.45, 2.75) is 20.8 Å². The molecule has 1 fully saturated rings. The average Bonchev–Trinajstić information content (AvgIpc) is 3.26. The summed E-state index contributed by atoms with van der Waals surface area (Å²) in [6.07, 6.45) is 3.75. The summed E-state index contributed by atoms with van der Waals surface area (Å²) in [5, 5.41) is 14.1. The fourth-order valence-electron chi connectivity index (χ4n) is 7.32. The summed E-state index contributed by atoms with van der Waals surface area (Å²) in [7, 11) is 0. The first-order valence-corrected chi connectivity index (χ1v) is 20.7. The van der Waals surface area contributed by atoms with E-state index in [4.69, 9.17) is 19.6 Å². The van der Waals surface area contributed by atoms with Gasteiger partial charge in [0.2, 0.25) is 5.91 Å². The van der Waals surface area contributed by atoms with Crippen LogP contribution in [-0.4, -0.2) is 107 Å². The molecule has 3 aromatic rings. The molecule has 5 N–H and O–H groups in total. The molecule has 0 atom stereocenters. The highest BCUT2D eigenvalue weighted by Crippen LogP contribution is 2.43. The van der Waals surface area contributed by atoms with Gasteiger partial charge < -0.3 is 40.5 Å². The quantitative estimate of drug-likeness (QED) is 0.0306. The summed E-state index contributed by atoms with van der Waals surface area (Å²) in [6.45, 7) is 16.1. The number of hydrogen-bond acceptors (Lipinski definition) is 12. The fourth-order valence-corrected chi connectivity index (χ4v) is 7.32. The van der Waals surface area contributed by atoms with Gasteiger partial charge in [-0.3, -0.25) is 19.5 Å². The number of nitroso groups, excluding NO2 is 1. The molecule has 3 aliphatic rings. The molecule has 14 nitrogen and oxygen atoms in total. The van der Waals surface area contributed by atoms with E-state index in [0.29, 0.717) is 88.3 Å². The van der Waals surface area contributed by atoms with E-state index >= 15 is 0 Å². The topological polar surface area (TPSA) is 176 Å². The molecule has 2 amide bonds. The number of fused-ring (bicyclic) bond motifs is 2. The second kappa shape index (κ2) is 21.9. The van der Waals surface area contributed by atoms with Gasteiger partial charge in [0.05, 0.1) is 45.0 Å². The van der Waals surface area contributed by atoms with Gasteiger partial charge in [-0.05, 0) is 84.6 Å². The number of ether oxygens (including phenoxy) is 2. The highest BCUT2D eigenvalue weighted by Gasteiger charge is 2.27. The summed E-state index contributed by atoms with van der Waals surface area (Å²) in [4.78, 5) is 46.1. The first-order valence-electron chi connectivity index (χ1n) is 20.7. The number of carbonyl (C=O) groups excluding carboxylic acids is 2. The number of amides is 2. The van der Waals surface area contributed by atoms with Gasteiger partial charge in [-0.25, -0.2) is 0 Å². The molecule has 0 spiro atoms. The number of nitrogens with two attached hydrogens (primary N) is 1. The van der Waals surface area contributed by atoms with Crippen molar-refractivity contribution in [2.24, 2.45) is 15.9 Å². The Kier molecular flexibility index (Phi) is 15.9. The van der Waals surface area contributed by atoms with Gasteiger partial charge in [0.25, 0.3) is 5.91 Å². The number of carbonyl (C=O) groups is 2. The van der Waals surface area contributed by atoms with E-state index in [2.05, 4.69) is 63.6 Å². The average molecular weight is 829 g/mol. The number of benzene rings is 4. The van der Waals surface area contributed by atoms with E-state index in [1.54, 1.807) is 12.1 Å². The minimum atomic E-state index is -0.0844. The van der Waals surface area contributed by atoms with Crippen molar-refractivity contribution in [1.29, 1.82) is 0 Å². The zero-order valence-electron chi connectivity index (χ0n) is 35.3. The van der Waals surface area contributed by atoms with Crippen molar-refractivity contribution in [2.75, 3.05) is 90.8 Å². The normalized spacial score (nSPS) is 13.6. The third kappa shape index (κ3) is 11.8. The Hall–Kier alpha value is -6.19. The third-order valence-corrected chi connectivity index (χ3v) is 10.5. The number of nitrogens with zero attached hydrogens (tertiary/aromatic N) is 4. The van der Waals surface area contributed by atoms with Crippen molar-refractivity contribution in [3.8, 4) is 22.5 Å². The SMILES string of the molecule is C=C(/C=C/c1ccc(N=O)cc1)NCCOCCOCCNC(=O)CN1CCN(C(=O)c2ccccc2-c2c3cc(C)c(=NCN)cc-3oc3cc(NCC)c(C)cc23)CC1. The molecule has 1 aliphatic carbocycles. The maximum absolute atomic E-state index is 14.3. The van der Waals surface area contributed by atoms with E-state index in [1.165, 1.54) is 0 Å². The lowest BCUT2D eigenvalue weighted by Crippen LogP contribution is -2.51. The summed E-state index contributed by atoms with van der Waals surface area (Å²) in [5.41, 5.74) is 14.9. The standard InChI is InChI=1S/C47H56N8O6/c1-5-49-41-28-43-39(26-32(41)2)46(40-27-33(3)42(52-31-48)29-44(40)61-43)37-8-6-7-9-38(37)47(57)55-20-18-54(19-21-55)30-45(56)51-17-23-60-25-24-59-22-16-50-34(4)10-11-35-12-14-36(53-58)15-13-35/h6-15,26-29,49-50H,4-5,16-25,30-31,48H2,1-3H3,(H,51,56)/b11-10+,52-42?. The number of allylic oxidation sites excluding steroid dienone is 1. The molecule has 0 aromatic heterocycles. The van der Waals surface area contributed by atoms with Crippen LogP contribution in [0.5, 0.6) is 0 Å². The third-order valence-electron chi connectivity index (χ3n) is 10.5. The van der Waals surface area contributed by atoms with Crippen LogP contribution in [0.3, 0.4) is 0 Å². The van der Waals surface area contributed by atoms with Gasteiger partial charge in [-0.1, -0.05) is 43.0 Å². The molecule has 6 rings (SSSR count). The van der Waals surface area contributed by atoms with Crippen LogP contribution in [0.1, 0.15) is 34.0 Å². The lowest BCUT2D eigenvalue weighted by atomic mass is 9.89. The van der Waals surface area contributed by atoms with E-state index in [-0.39, 0.29) is 25.0 Å². The largest absolute Gasteiger partial charge is 0.456 e. The number of anilines is 1. The van der Waals surface area contributed by atoms with Gasteiger partial charge >= 0.3 is 0 Å². The van der Waals surface area contributed by atoms with Crippen molar-refractivity contribution >= 4 is 40.2 Å². The highest BCUT2D eigenvalue weighted by molar-refractivity contribution is 6.09. The predicted molar refractivity (Wildman–Crippen MR) is 242 cm³/mol. The lowest BCUT2D eigenvalue weighted by molar-refractivity contribution is -0.122. The Labute approximate surface area is 356 Å². The second-order valence-electron chi connectivity index (χ2n) is 14.8. The molecule has 2 aliphatic heterocycles. The Balaban J connectivity index is 0.961. The number of rotatable bonds is 20. The molecule has 0 saturated carbocycles. The molecule has 3 aromatic carbocycles. The monoisotopic (exact) mass is 828 g/mol. The molecule has 14 heteroatoms. The van der Waals surface area contributed by atoms with Crippen LogP contribution in [0.15, 0.2) is 106 Å². The number of nitrogens with one attached hydrogen (secondary N) is 3. The zero-order valence-corrected chi connectivity index (χ0v) is 35.3. The Morgan fingerprint density at radius 1 is 0.885 bits per heavy atom. The van der Waals surface area contributed by atoms with Crippen molar-refractivity contribution < 1.29 is 23.5 Å². The summed E-state index contributed by atoms with van der Waals surface area (Å²) in [6, 6.07) is 22.9. The van der Waals surface area contributed by atoms with E-state index < -0.39 is 0 Å². The molecule has 0 radical (unpaired) electrons. The maximum atomic E-state index is 14.3. The summed E-state index contributed by atoms with van der Waals surface area (Å²) in [5.74, 6) is 0.524. The molecule has 2 heterocycles. The second-order valence-corrected chi connectivity index (χ2v) is 14.8. The Morgan fingerprint density at radius 2 is 1.61 bits per heavy atom. The van der Waals surface area contributed by atoms with Gasteiger partial charge in [-0.2, -0.15) is 0 Å². The van der Waals surface area contributed by atoms with Gasteiger partial charge in [0.15, 0.2) is 0 Å². The van der Waals surface area contributed by atoms with Crippen LogP contribution in [0.25, 0.3) is 39.5 Å². The summed E-state index contributed by atoms with van der Waals surface area (Å²) >= 11 is 0. The minimum Gasteiger partial charge on any atom is -0.456 e. The smallest absolute Gasteiger partial charge is 0.254 e. The van der Waals surface area contributed by atoms with Gasteiger partial charge in [-0.15, -0.1) is 4.91 Å². The highest BCUT2D eigenvalue weighted by atomic mass is 16.5. The lowest BCUT2D eigenvalue weighted by Gasteiger charge is -2.34. The van der Waals surface area contributed by atoms with Crippen LogP contribution in [0.2, 0.25) is 0 Å². The van der Waals surface area contributed by atoms with Crippen molar-refractivity contribution in [3.63, 3.8) is 0 Å². The van der Waals surface area contributed by atoms with Crippen LogP contribution in [0, 0.1) is 18.8 Å². The van der Waals surface area contributed by atoms with E-state index in [9.17, 15) is 14.5 Å². The number of piperazine rings is 1. The van der Waals surface area contributed by atoms with Gasteiger partial charge in [0.1, 0.15) is 17.0 Å². The summed E-state index contributed by atoms with van der Waals surface area (Å²) < 4.78 is 17.8. The molecule has 0 unspecified atom stereocenters. The maximum Gasteiger partial charge on any atom is 0.254 e. The molecule has 1 saturated heterocycles. The molecule has 0 bridgehead atoms. The number of hydrogen-bond donors (Lipinski definition) is 4. The van der Waals surface area contributed by atoms with Crippen LogP contribution < -0.4 is 27.0 Å². The van der Waals surface area contributed by atoms with Crippen molar-refractivity contribution in [1.82, 2.24) is 20.4 Å². The minimum absolute atomic E-state index is 0.0529. The van der Waals surface area contributed by atoms with Crippen LogP contribution in [0.4, 0.5) is 11.4 Å². The van der Waals surface area contributed by atoms with Gasteiger partial charge in [0, 0.05) is 91.4 Å². The first kappa shape index (κ1) is 44.4. The Bertz CT molecular complexity index is 2380. The van der Waals surface area contributed by atoms with E-state index in [1.807, 2.05) is 72.5 Å².